The van der Waals surface area contributed by atoms with Crippen LogP contribution >= 0.6 is 0 Å². The van der Waals surface area contributed by atoms with Crippen LogP contribution in [0.25, 0.3) is 0 Å². The molecule has 0 aromatic carbocycles. The number of carbonyl (C=O) groups is 1. The first-order valence-electron chi connectivity index (χ1n) is 13.9. The summed E-state index contributed by atoms with van der Waals surface area (Å²) in [6.07, 6.45) is 17.0. The summed E-state index contributed by atoms with van der Waals surface area (Å²) in [7, 11) is 0. The van der Waals surface area contributed by atoms with Gasteiger partial charge in [-0.05, 0) is 76.0 Å². The van der Waals surface area contributed by atoms with Gasteiger partial charge in [0, 0.05) is 6.08 Å². The molecule has 37 heavy (non-hydrogen) atoms. The maximum atomic E-state index is 12.7. The Morgan fingerprint density at radius 3 is 2.78 bits per heavy atom. The van der Waals surface area contributed by atoms with E-state index in [-0.39, 0.29) is 30.1 Å². The van der Waals surface area contributed by atoms with Crippen molar-refractivity contribution >= 4 is 5.97 Å². The van der Waals surface area contributed by atoms with Crippen molar-refractivity contribution in [3.05, 3.63) is 60.3 Å². The number of esters is 1. The average molecular weight is 513 g/mol. The lowest BCUT2D eigenvalue weighted by atomic mass is 9.90. The molecule has 0 spiro atoms. The predicted molar refractivity (Wildman–Crippen MR) is 144 cm³/mol. The summed E-state index contributed by atoms with van der Waals surface area (Å²) in [4.78, 5) is 12.7. The summed E-state index contributed by atoms with van der Waals surface area (Å²) >= 11 is 0. The van der Waals surface area contributed by atoms with Crippen LogP contribution in [-0.4, -0.2) is 59.4 Å². The molecule has 0 unspecified atom stereocenters. The third-order valence-corrected chi connectivity index (χ3v) is 7.98. The zero-order valence-electron chi connectivity index (χ0n) is 22.3. The van der Waals surface area contributed by atoms with Crippen LogP contribution in [0.2, 0.25) is 0 Å². The van der Waals surface area contributed by atoms with Gasteiger partial charge in [0.05, 0.1) is 31.0 Å². The zero-order chi connectivity index (χ0) is 26.4. The lowest BCUT2D eigenvalue weighted by molar-refractivity contribution is -0.148. The molecule has 204 valence electrons. The van der Waals surface area contributed by atoms with Crippen LogP contribution in [0, 0.1) is 17.8 Å². The third kappa shape index (κ3) is 8.78. The molecule has 0 aromatic heterocycles. The summed E-state index contributed by atoms with van der Waals surface area (Å²) < 4.78 is 17.7. The minimum absolute atomic E-state index is 0.0663. The Morgan fingerprint density at radius 1 is 1.14 bits per heavy atom. The molecule has 3 heterocycles. The highest BCUT2D eigenvalue weighted by Gasteiger charge is 2.44. The second kappa shape index (κ2) is 13.2. The fourth-order valence-corrected chi connectivity index (χ4v) is 5.89. The van der Waals surface area contributed by atoms with Crippen LogP contribution in [0.4, 0.5) is 0 Å². The Balaban J connectivity index is 1.44. The summed E-state index contributed by atoms with van der Waals surface area (Å²) in [6.45, 7) is 9.10. The second-order valence-electron chi connectivity index (χ2n) is 11.5. The summed E-state index contributed by atoms with van der Waals surface area (Å²) in [5, 5.41) is 21.8. The molecular formula is C31H44O6. The zero-order valence-corrected chi connectivity index (χ0v) is 22.3. The molecule has 0 aromatic rings. The van der Waals surface area contributed by atoms with Crippen LogP contribution in [0.1, 0.15) is 65.2 Å². The average Bonchev–Trinajstić information content (AvgIpc) is 3.61. The molecule has 0 amide bonds. The van der Waals surface area contributed by atoms with Crippen LogP contribution in [0.15, 0.2) is 60.3 Å². The quantitative estimate of drug-likeness (QED) is 0.410. The van der Waals surface area contributed by atoms with Gasteiger partial charge in [-0.15, -0.1) is 0 Å². The molecule has 4 rings (SSSR count). The number of cyclic esters (lactones) is 1. The molecule has 2 N–H and O–H groups in total. The van der Waals surface area contributed by atoms with Gasteiger partial charge in [-0.25, -0.2) is 4.79 Å². The molecule has 1 fully saturated rings. The number of carbonyl (C=O) groups excluding carboxylic acids is 1. The molecule has 2 bridgehead atoms. The van der Waals surface area contributed by atoms with E-state index in [0.29, 0.717) is 31.8 Å². The van der Waals surface area contributed by atoms with Gasteiger partial charge in [-0.3, -0.25) is 0 Å². The van der Waals surface area contributed by atoms with Gasteiger partial charge in [0.25, 0.3) is 0 Å². The Morgan fingerprint density at radius 2 is 1.97 bits per heavy atom. The van der Waals surface area contributed by atoms with Crippen LogP contribution in [0.5, 0.6) is 0 Å². The second-order valence-corrected chi connectivity index (χ2v) is 11.5. The maximum Gasteiger partial charge on any atom is 0.330 e. The highest BCUT2D eigenvalue weighted by molar-refractivity contribution is 5.82. The number of fused-ring (bicyclic) bond motifs is 3. The predicted octanol–water partition coefficient (Wildman–Crippen LogP) is 4.97. The van der Waals surface area contributed by atoms with Gasteiger partial charge in [-0.2, -0.15) is 0 Å². The lowest BCUT2D eigenvalue weighted by Gasteiger charge is -2.28. The summed E-state index contributed by atoms with van der Waals surface area (Å²) in [5.74, 6) is 0.302. The molecule has 1 saturated carbocycles. The van der Waals surface area contributed by atoms with E-state index in [9.17, 15) is 15.0 Å². The fraction of sp³-hybridized carbons (Fsp3) is 0.645. The number of hydrogen-bond acceptors (Lipinski definition) is 6. The van der Waals surface area contributed by atoms with Gasteiger partial charge in [0.1, 0.15) is 12.2 Å². The van der Waals surface area contributed by atoms with E-state index in [0.717, 1.165) is 37.7 Å². The van der Waals surface area contributed by atoms with E-state index in [1.165, 1.54) is 11.6 Å². The minimum atomic E-state index is -0.947. The van der Waals surface area contributed by atoms with E-state index >= 15 is 0 Å². The molecular weight excluding hydrogens is 468 g/mol. The molecule has 1 aliphatic carbocycles. The first-order valence-corrected chi connectivity index (χ1v) is 13.9. The van der Waals surface area contributed by atoms with Gasteiger partial charge < -0.3 is 24.4 Å². The molecule has 6 nitrogen and oxygen atoms in total. The Labute approximate surface area is 221 Å². The molecule has 0 radical (unpaired) electrons. The lowest BCUT2D eigenvalue weighted by Crippen LogP contribution is -2.31. The number of aliphatic hydroxyl groups is 2. The molecule has 4 aliphatic rings. The number of hydrogen-bond donors (Lipinski definition) is 2. The first kappa shape index (κ1) is 28.0. The summed E-state index contributed by atoms with van der Waals surface area (Å²) in [5.41, 5.74) is 2.33. The van der Waals surface area contributed by atoms with Crippen molar-refractivity contribution in [2.75, 3.05) is 6.61 Å². The van der Waals surface area contributed by atoms with Gasteiger partial charge in [-0.1, -0.05) is 61.1 Å². The number of rotatable bonds is 3. The van der Waals surface area contributed by atoms with E-state index in [2.05, 4.69) is 38.7 Å². The molecule has 3 aliphatic heterocycles. The Kier molecular flexibility index (Phi) is 9.99. The fourth-order valence-electron chi connectivity index (χ4n) is 5.89. The smallest absolute Gasteiger partial charge is 0.330 e. The van der Waals surface area contributed by atoms with Crippen molar-refractivity contribution in [3.63, 3.8) is 0 Å². The van der Waals surface area contributed by atoms with Crippen LogP contribution in [0.3, 0.4) is 0 Å². The van der Waals surface area contributed by atoms with Gasteiger partial charge >= 0.3 is 5.97 Å². The highest BCUT2D eigenvalue weighted by Crippen LogP contribution is 2.47. The summed E-state index contributed by atoms with van der Waals surface area (Å²) in [6, 6.07) is 0. The van der Waals surface area contributed by atoms with E-state index in [4.69, 9.17) is 14.2 Å². The third-order valence-electron chi connectivity index (χ3n) is 7.98. The highest BCUT2D eigenvalue weighted by atomic mass is 16.6. The van der Waals surface area contributed by atoms with Crippen molar-refractivity contribution in [2.45, 2.75) is 102 Å². The molecule has 0 saturated heterocycles. The Hall–Kier alpha value is -1.99. The normalized spacial score (nSPS) is 39.6. The van der Waals surface area contributed by atoms with Crippen LogP contribution in [-0.2, 0) is 19.0 Å². The van der Waals surface area contributed by atoms with E-state index < -0.39 is 24.3 Å². The van der Waals surface area contributed by atoms with Crippen molar-refractivity contribution in [3.8, 4) is 0 Å². The van der Waals surface area contributed by atoms with E-state index in [1.807, 2.05) is 6.08 Å². The topological polar surface area (TPSA) is 85.2 Å². The van der Waals surface area contributed by atoms with Gasteiger partial charge in [0.15, 0.2) is 0 Å². The van der Waals surface area contributed by atoms with Gasteiger partial charge in [0.2, 0.25) is 0 Å². The van der Waals surface area contributed by atoms with Crippen molar-refractivity contribution in [1.82, 2.24) is 0 Å². The molecule has 9 atom stereocenters. The monoisotopic (exact) mass is 512 g/mol. The first-order chi connectivity index (χ1) is 17.8. The van der Waals surface area contributed by atoms with Crippen LogP contribution < -0.4 is 0 Å². The SMILES string of the molecule is C=C1C[C@H](C)C[C@@H]2CC=C[C@@H](C/C=C/C(=O)O[C@H]([C@@H](O)/C=C/[C@@H]3CC(C)=CCO3)C[C@H]3C[C@H]3[C@@H](O)C1)O2. The van der Waals surface area contributed by atoms with E-state index in [1.54, 1.807) is 12.2 Å². The largest absolute Gasteiger partial charge is 0.456 e. The minimum Gasteiger partial charge on any atom is -0.456 e. The molecule has 6 heteroatoms. The Bertz CT molecular complexity index is 917. The number of ether oxygens (including phenoxy) is 3. The van der Waals surface area contributed by atoms with Crippen molar-refractivity contribution < 1.29 is 29.2 Å². The maximum absolute atomic E-state index is 12.7. The number of aliphatic hydroxyl groups excluding tert-OH is 2. The van der Waals surface area contributed by atoms with Crippen molar-refractivity contribution in [2.24, 2.45) is 17.8 Å². The van der Waals surface area contributed by atoms with Crippen molar-refractivity contribution in [1.29, 1.82) is 0 Å². The standard InChI is InChI=1S/C31H44O6/c1-20-12-13-35-25(15-20)10-11-28(32)30-19-23-18-27(23)29(33)17-22(3)14-21(2)16-26-8-4-6-24(36-26)7-5-9-31(34)37-30/h4-6,9-12,21,23-30,32-33H,3,7-8,13-19H2,1-2H3/b9-5+,11-10+/t21-,23+,24-,25+,26-,27+,28-,29-,30-/m0/s1.